The Hall–Kier alpha value is -1.57. The van der Waals surface area contributed by atoms with Gasteiger partial charge in [-0.3, -0.25) is 4.79 Å². The van der Waals surface area contributed by atoms with Gasteiger partial charge in [0.05, 0.1) is 17.3 Å². The number of carbonyl (C=O) groups excluding carboxylic acids is 1. The summed E-state index contributed by atoms with van der Waals surface area (Å²) in [5.74, 6) is -0.300. The van der Waals surface area contributed by atoms with Gasteiger partial charge in [-0.05, 0) is 24.6 Å². The van der Waals surface area contributed by atoms with Gasteiger partial charge in [-0.1, -0.05) is 24.9 Å². The summed E-state index contributed by atoms with van der Waals surface area (Å²) in [5.41, 5.74) is 6.44. The van der Waals surface area contributed by atoms with Crippen LogP contribution in [0.25, 0.3) is 0 Å². The van der Waals surface area contributed by atoms with E-state index in [1.807, 2.05) is 13.0 Å². The Balaban J connectivity index is 2.84. The van der Waals surface area contributed by atoms with Gasteiger partial charge < -0.3 is 11.1 Å². The standard InChI is InChI=1S/C12H14ClN3O/c1-2-3-10(15)12(17)16-11-6-9(13)5-4-8(11)7-14/h4-6,10H,2-3,15H2,1H3,(H,16,17)/t10-/m1/s1. The number of hydrogen-bond donors (Lipinski definition) is 2. The first-order valence-electron chi connectivity index (χ1n) is 5.34. The highest BCUT2D eigenvalue weighted by atomic mass is 35.5. The Kier molecular flexibility index (Phi) is 4.95. The van der Waals surface area contributed by atoms with Crippen LogP contribution in [0.15, 0.2) is 18.2 Å². The molecule has 0 aliphatic rings. The average Bonchev–Trinajstić information content (AvgIpc) is 2.29. The molecule has 0 saturated carbocycles. The number of carbonyl (C=O) groups is 1. The molecule has 0 spiro atoms. The highest BCUT2D eigenvalue weighted by molar-refractivity contribution is 6.31. The Labute approximate surface area is 105 Å². The minimum atomic E-state index is -0.564. The molecule has 17 heavy (non-hydrogen) atoms. The molecule has 0 unspecified atom stereocenters. The van der Waals surface area contributed by atoms with Crippen molar-refractivity contribution in [2.45, 2.75) is 25.8 Å². The van der Waals surface area contributed by atoms with E-state index in [1.54, 1.807) is 12.1 Å². The molecular weight excluding hydrogens is 238 g/mol. The van der Waals surface area contributed by atoms with Crippen LogP contribution in [0.1, 0.15) is 25.3 Å². The number of amides is 1. The molecule has 1 atom stereocenters. The molecule has 1 aromatic rings. The van der Waals surface area contributed by atoms with Gasteiger partial charge in [-0.25, -0.2) is 0 Å². The van der Waals surface area contributed by atoms with Gasteiger partial charge in [-0.2, -0.15) is 5.26 Å². The molecule has 1 rings (SSSR count). The first kappa shape index (κ1) is 13.5. The van der Waals surface area contributed by atoms with Crippen LogP contribution in [-0.4, -0.2) is 11.9 Å². The van der Waals surface area contributed by atoms with Crippen LogP contribution in [0.4, 0.5) is 5.69 Å². The smallest absolute Gasteiger partial charge is 0.241 e. The van der Waals surface area contributed by atoms with E-state index in [0.29, 0.717) is 22.7 Å². The molecule has 0 aromatic heterocycles. The average molecular weight is 252 g/mol. The van der Waals surface area contributed by atoms with Crippen LogP contribution in [0.3, 0.4) is 0 Å². The van der Waals surface area contributed by atoms with E-state index in [1.165, 1.54) is 6.07 Å². The van der Waals surface area contributed by atoms with E-state index < -0.39 is 6.04 Å². The molecule has 90 valence electrons. The summed E-state index contributed by atoms with van der Waals surface area (Å²) in [7, 11) is 0. The third-order valence-electron chi connectivity index (χ3n) is 2.30. The molecule has 0 heterocycles. The first-order chi connectivity index (χ1) is 8.08. The summed E-state index contributed by atoms with van der Waals surface area (Å²) >= 11 is 5.81. The molecule has 0 saturated heterocycles. The second kappa shape index (κ2) is 6.24. The predicted molar refractivity (Wildman–Crippen MR) is 67.7 cm³/mol. The number of nitriles is 1. The topological polar surface area (TPSA) is 78.9 Å². The number of anilines is 1. The lowest BCUT2D eigenvalue weighted by atomic mass is 10.1. The summed E-state index contributed by atoms with van der Waals surface area (Å²) in [6, 6.07) is 6.12. The second-order valence-corrected chi connectivity index (χ2v) is 4.12. The summed E-state index contributed by atoms with van der Waals surface area (Å²) in [5, 5.41) is 12.0. The highest BCUT2D eigenvalue weighted by Crippen LogP contribution is 2.20. The summed E-state index contributed by atoms with van der Waals surface area (Å²) in [6.45, 7) is 1.95. The Morgan fingerprint density at radius 2 is 2.35 bits per heavy atom. The van der Waals surface area contributed by atoms with Crippen molar-refractivity contribution in [1.29, 1.82) is 5.26 Å². The van der Waals surface area contributed by atoms with Crippen molar-refractivity contribution in [2.24, 2.45) is 5.73 Å². The fraction of sp³-hybridized carbons (Fsp3) is 0.333. The predicted octanol–water partition coefficient (Wildman–Crippen LogP) is 2.28. The number of benzene rings is 1. The molecule has 1 aromatic carbocycles. The number of hydrogen-bond acceptors (Lipinski definition) is 3. The van der Waals surface area contributed by atoms with Crippen molar-refractivity contribution in [2.75, 3.05) is 5.32 Å². The molecule has 5 heteroatoms. The van der Waals surface area contributed by atoms with E-state index >= 15 is 0 Å². The lowest BCUT2D eigenvalue weighted by molar-refractivity contribution is -0.117. The summed E-state index contributed by atoms with van der Waals surface area (Å²) in [6.07, 6.45) is 1.43. The quantitative estimate of drug-likeness (QED) is 0.862. The van der Waals surface area contributed by atoms with Gasteiger partial charge in [0.1, 0.15) is 6.07 Å². The Morgan fingerprint density at radius 3 is 2.94 bits per heavy atom. The Bertz CT molecular complexity index is 454. The number of nitrogens with two attached hydrogens (primary N) is 1. The number of nitrogens with zero attached hydrogens (tertiary/aromatic N) is 1. The number of nitrogens with one attached hydrogen (secondary N) is 1. The van der Waals surface area contributed by atoms with Crippen LogP contribution < -0.4 is 11.1 Å². The molecule has 3 N–H and O–H groups in total. The molecule has 0 bridgehead atoms. The van der Waals surface area contributed by atoms with Crippen molar-refractivity contribution in [3.63, 3.8) is 0 Å². The lowest BCUT2D eigenvalue weighted by Crippen LogP contribution is -2.35. The van der Waals surface area contributed by atoms with Crippen molar-refractivity contribution < 1.29 is 4.79 Å². The van der Waals surface area contributed by atoms with Gasteiger partial charge in [-0.15, -0.1) is 0 Å². The normalized spacial score (nSPS) is 11.6. The highest BCUT2D eigenvalue weighted by Gasteiger charge is 2.14. The van der Waals surface area contributed by atoms with Crippen LogP contribution in [0.5, 0.6) is 0 Å². The third-order valence-corrected chi connectivity index (χ3v) is 2.53. The van der Waals surface area contributed by atoms with Gasteiger partial charge in [0.15, 0.2) is 0 Å². The van der Waals surface area contributed by atoms with E-state index in [-0.39, 0.29) is 5.91 Å². The lowest BCUT2D eigenvalue weighted by Gasteiger charge is -2.12. The van der Waals surface area contributed by atoms with Gasteiger partial charge in [0.2, 0.25) is 5.91 Å². The minimum absolute atomic E-state index is 0.300. The number of rotatable bonds is 4. The molecule has 0 radical (unpaired) electrons. The fourth-order valence-corrected chi connectivity index (χ4v) is 1.56. The van der Waals surface area contributed by atoms with Crippen LogP contribution in [0, 0.1) is 11.3 Å². The summed E-state index contributed by atoms with van der Waals surface area (Å²) < 4.78 is 0. The van der Waals surface area contributed by atoms with E-state index in [0.717, 1.165) is 6.42 Å². The molecule has 0 aliphatic heterocycles. The van der Waals surface area contributed by atoms with Crippen LogP contribution in [-0.2, 0) is 4.79 Å². The van der Waals surface area contributed by atoms with Gasteiger partial charge >= 0.3 is 0 Å². The summed E-state index contributed by atoms with van der Waals surface area (Å²) in [4.78, 5) is 11.7. The molecular formula is C12H14ClN3O. The maximum absolute atomic E-state index is 11.7. The zero-order valence-corrected chi connectivity index (χ0v) is 10.3. The maximum atomic E-state index is 11.7. The molecule has 0 aliphatic carbocycles. The third kappa shape index (κ3) is 3.74. The fourth-order valence-electron chi connectivity index (χ4n) is 1.38. The number of halogens is 1. The van der Waals surface area contributed by atoms with Crippen molar-refractivity contribution in [3.8, 4) is 6.07 Å². The monoisotopic (exact) mass is 251 g/mol. The van der Waals surface area contributed by atoms with Crippen molar-refractivity contribution >= 4 is 23.2 Å². The molecule has 1 amide bonds. The largest absolute Gasteiger partial charge is 0.323 e. The zero-order chi connectivity index (χ0) is 12.8. The van der Waals surface area contributed by atoms with Crippen LogP contribution in [0.2, 0.25) is 5.02 Å². The molecule has 0 fully saturated rings. The SMILES string of the molecule is CCC[C@@H](N)C(=O)Nc1cc(Cl)ccc1C#N. The van der Waals surface area contributed by atoms with E-state index in [2.05, 4.69) is 5.32 Å². The van der Waals surface area contributed by atoms with E-state index in [4.69, 9.17) is 22.6 Å². The Morgan fingerprint density at radius 1 is 1.65 bits per heavy atom. The maximum Gasteiger partial charge on any atom is 0.241 e. The first-order valence-corrected chi connectivity index (χ1v) is 5.72. The van der Waals surface area contributed by atoms with Crippen LogP contribution >= 0.6 is 11.6 Å². The van der Waals surface area contributed by atoms with Crippen molar-refractivity contribution in [3.05, 3.63) is 28.8 Å². The van der Waals surface area contributed by atoms with E-state index in [9.17, 15) is 4.79 Å². The molecule has 4 nitrogen and oxygen atoms in total. The second-order valence-electron chi connectivity index (χ2n) is 3.69. The minimum Gasteiger partial charge on any atom is -0.323 e. The zero-order valence-electron chi connectivity index (χ0n) is 9.53. The van der Waals surface area contributed by atoms with Gasteiger partial charge in [0, 0.05) is 5.02 Å². The van der Waals surface area contributed by atoms with Gasteiger partial charge in [0.25, 0.3) is 0 Å². The van der Waals surface area contributed by atoms with Crippen molar-refractivity contribution in [1.82, 2.24) is 0 Å².